The van der Waals surface area contributed by atoms with E-state index in [1.54, 1.807) is 0 Å². The minimum absolute atomic E-state index is 0.199. The van der Waals surface area contributed by atoms with Gasteiger partial charge in [-0.2, -0.15) is 4.72 Å². The van der Waals surface area contributed by atoms with Gasteiger partial charge in [0.05, 0.1) is 12.7 Å². The quantitative estimate of drug-likeness (QED) is 0.518. The van der Waals surface area contributed by atoms with E-state index in [0.717, 1.165) is 16.8 Å². The zero-order valence-corrected chi connectivity index (χ0v) is 18.6. The maximum Gasteiger partial charge on any atom is 0.276 e. The minimum atomic E-state index is -4.09. The number of para-hydroxylation sites is 1. The molecule has 1 aromatic carbocycles. The normalized spacial score (nSPS) is 17.5. The van der Waals surface area contributed by atoms with Crippen molar-refractivity contribution in [2.24, 2.45) is 5.92 Å². The standard InChI is InChI=1S/C22H30N2O5S/c1-14(2)17-7-5-8-18(15(3)16-10-11-16)21(17)23-19(25)13-22(4,26)24-30(27,28)20-9-6-12-29-20/h5-9,12,14-16,24,26H,10-11,13H2,1-4H3,(H,23,25)/t15-,22-/m0/s1. The lowest BCUT2D eigenvalue weighted by Crippen LogP contribution is -2.48. The molecule has 2 atom stereocenters. The SMILES string of the molecule is CC(C)c1cccc([C@@H](C)C2CC2)c1NC(=O)C[C@](C)(O)NS(=O)(=O)c1ccco1. The number of hydrogen-bond donors (Lipinski definition) is 3. The molecule has 164 valence electrons. The molecule has 1 saturated carbocycles. The van der Waals surface area contributed by atoms with Crippen LogP contribution in [0.25, 0.3) is 0 Å². The highest BCUT2D eigenvalue weighted by molar-refractivity contribution is 7.89. The number of amides is 1. The van der Waals surface area contributed by atoms with Crippen molar-refractivity contribution in [2.75, 3.05) is 5.32 Å². The highest BCUT2D eigenvalue weighted by atomic mass is 32.2. The Balaban J connectivity index is 1.78. The number of aliphatic hydroxyl groups is 1. The summed E-state index contributed by atoms with van der Waals surface area (Å²) in [7, 11) is -4.09. The molecule has 3 rings (SSSR count). The van der Waals surface area contributed by atoms with Crippen molar-refractivity contribution >= 4 is 21.6 Å². The summed E-state index contributed by atoms with van der Waals surface area (Å²) >= 11 is 0. The second-order valence-electron chi connectivity index (χ2n) is 8.63. The summed E-state index contributed by atoms with van der Waals surface area (Å²) in [5, 5.41) is 13.2. The van der Waals surface area contributed by atoms with E-state index in [1.807, 2.05) is 18.2 Å². The van der Waals surface area contributed by atoms with Crippen molar-refractivity contribution in [2.45, 2.75) is 69.6 Å². The number of nitrogens with one attached hydrogen (secondary N) is 2. The number of hydrogen-bond acceptors (Lipinski definition) is 5. The topological polar surface area (TPSA) is 109 Å². The monoisotopic (exact) mass is 434 g/mol. The van der Waals surface area contributed by atoms with E-state index in [-0.39, 0.29) is 11.0 Å². The molecule has 0 unspecified atom stereocenters. The average Bonchev–Trinajstić information content (AvgIpc) is 3.32. The minimum Gasteiger partial charge on any atom is -0.452 e. The highest BCUT2D eigenvalue weighted by Gasteiger charge is 2.34. The third kappa shape index (κ3) is 5.30. The summed E-state index contributed by atoms with van der Waals surface area (Å²) in [6, 6.07) is 8.72. The molecule has 1 heterocycles. The lowest BCUT2D eigenvalue weighted by atomic mass is 9.89. The number of anilines is 1. The Morgan fingerprint density at radius 3 is 2.43 bits per heavy atom. The molecule has 1 aliphatic carbocycles. The van der Waals surface area contributed by atoms with Gasteiger partial charge in [0.2, 0.25) is 11.0 Å². The van der Waals surface area contributed by atoms with Crippen LogP contribution in [0.5, 0.6) is 0 Å². The van der Waals surface area contributed by atoms with Crippen LogP contribution in [0.1, 0.15) is 69.9 Å². The predicted molar refractivity (Wildman–Crippen MR) is 115 cm³/mol. The van der Waals surface area contributed by atoms with Gasteiger partial charge in [-0.25, -0.2) is 8.42 Å². The van der Waals surface area contributed by atoms with E-state index < -0.39 is 28.1 Å². The summed E-state index contributed by atoms with van der Waals surface area (Å²) < 4.78 is 31.7. The maximum absolute atomic E-state index is 12.8. The Bertz CT molecular complexity index is 993. The summed E-state index contributed by atoms with van der Waals surface area (Å²) in [4.78, 5) is 12.8. The molecule has 7 nitrogen and oxygen atoms in total. The second kappa shape index (κ2) is 8.53. The molecule has 1 fully saturated rings. The first kappa shape index (κ1) is 22.5. The van der Waals surface area contributed by atoms with Gasteiger partial charge in [0.25, 0.3) is 10.0 Å². The molecule has 0 spiro atoms. The second-order valence-corrected chi connectivity index (χ2v) is 10.2. The van der Waals surface area contributed by atoms with Gasteiger partial charge in [-0.05, 0) is 60.8 Å². The number of benzene rings is 1. The van der Waals surface area contributed by atoms with Crippen LogP contribution < -0.4 is 10.0 Å². The van der Waals surface area contributed by atoms with Crippen LogP contribution in [0.2, 0.25) is 0 Å². The molecule has 30 heavy (non-hydrogen) atoms. The summed E-state index contributed by atoms with van der Waals surface area (Å²) in [5.41, 5.74) is 0.878. The molecule has 1 amide bonds. The maximum atomic E-state index is 12.8. The largest absolute Gasteiger partial charge is 0.452 e. The van der Waals surface area contributed by atoms with Crippen molar-refractivity contribution in [1.29, 1.82) is 0 Å². The number of carbonyl (C=O) groups is 1. The van der Waals surface area contributed by atoms with Gasteiger partial charge in [0.1, 0.15) is 5.72 Å². The van der Waals surface area contributed by atoms with Gasteiger partial charge in [0, 0.05) is 5.69 Å². The van der Waals surface area contributed by atoms with Crippen molar-refractivity contribution in [1.82, 2.24) is 4.72 Å². The summed E-state index contributed by atoms with van der Waals surface area (Å²) in [5.74, 6) is 0.660. The lowest BCUT2D eigenvalue weighted by molar-refractivity contribution is -0.120. The van der Waals surface area contributed by atoms with Gasteiger partial charge < -0.3 is 14.8 Å². The van der Waals surface area contributed by atoms with Gasteiger partial charge in [-0.1, -0.05) is 39.0 Å². The Morgan fingerprint density at radius 2 is 1.87 bits per heavy atom. The van der Waals surface area contributed by atoms with Crippen LogP contribution in [-0.2, 0) is 14.8 Å². The van der Waals surface area contributed by atoms with Crippen LogP contribution >= 0.6 is 0 Å². The highest BCUT2D eigenvalue weighted by Crippen LogP contribution is 2.45. The van der Waals surface area contributed by atoms with Gasteiger partial charge in [0.15, 0.2) is 0 Å². The smallest absolute Gasteiger partial charge is 0.276 e. The third-order valence-corrected chi connectivity index (χ3v) is 6.92. The average molecular weight is 435 g/mol. The van der Waals surface area contributed by atoms with Gasteiger partial charge >= 0.3 is 0 Å². The van der Waals surface area contributed by atoms with Crippen LogP contribution in [0.3, 0.4) is 0 Å². The number of furan rings is 1. The van der Waals surface area contributed by atoms with Gasteiger partial charge in [-0.15, -0.1) is 0 Å². The van der Waals surface area contributed by atoms with Crippen molar-refractivity contribution < 1.29 is 22.7 Å². The van der Waals surface area contributed by atoms with Crippen molar-refractivity contribution in [3.8, 4) is 0 Å². The zero-order chi connectivity index (χ0) is 22.1. The van der Waals surface area contributed by atoms with Crippen LogP contribution in [-0.4, -0.2) is 25.2 Å². The molecule has 0 radical (unpaired) electrons. The Kier molecular flexibility index (Phi) is 6.40. The number of sulfonamides is 1. The molecule has 1 aliphatic rings. The Hall–Kier alpha value is -2.16. The molecule has 0 saturated heterocycles. The Morgan fingerprint density at radius 1 is 1.20 bits per heavy atom. The van der Waals surface area contributed by atoms with Crippen LogP contribution in [0.15, 0.2) is 46.1 Å². The summed E-state index contributed by atoms with van der Waals surface area (Å²) in [6.45, 7) is 7.53. The molecular formula is C22H30N2O5S. The van der Waals surface area contributed by atoms with Crippen molar-refractivity contribution in [3.63, 3.8) is 0 Å². The predicted octanol–water partition coefficient (Wildman–Crippen LogP) is 3.93. The van der Waals surface area contributed by atoms with Crippen LogP contribution in [0, 0.1) is 5.92 Å². The molecular weight excluding hydrogens is 404 g/mol. The van der Waals surface area contributed by atoms with E-state index in [1.165, 1.54) is 38.2 Å². The van der Waals surface area contributed by atoms with Crippen LogP contribution in [0.4, 0.5) is 5.69 Å². The fourth-order valence-electron chi connectivity index (χ4n) is 3.73. The van der Waals surface area contributed by atoms with E-state index in [9.17, 15) is 18.3 Å². The molecule has 0 bridgehead atoms. The molecule has 1 aromatic heterocycles. The molecule has 0 aliphatic heterocycles. The van der Waals surface area contributed by atoms with E-state index in [2.05, 4.69) is 30.8 Å². The fourth-order valence-corrected chi connectivity index (χ4v) is 4.92. The van der Waals surface area contributed by atoms with E-state index >= 15 is 0 Å². The zero-order valence-electron chi connectivity index (χ0n) is 17.8. The first-order valence-corrected chi connectivity index (χ1v) is 11.7. The van der Waals surface area contributed by atoms with Gasteiger partial charge in [-0.3, -0.25) is 4.79 Å². The third-order valence-electron chi connectivity index (χ3n) is 5.45. The first-order valence-electron chi connectivity index (χ1n) is 10.2. The molecule has 2 aromatic rings. The van der Waals surface area contributed by atoms with E-state index in [4.69, 9.17) is 4.42 Å². The summed E-state index contributed by atoms with van der Waals surface area (Å²) in [6.07, 6.45) is 3.14. The molecule has 3 N–H and O–H groups in total. The molecule has 8 heteroatoms. The number of rotatable bonds is 9. The first-order chi connectivity index (χ1) is 14.0. The van der Waals surface area contributed by atoms with E-state index in [0.29, 0.717) is 11.8 Å². The fraction of sp³-hybridized carbons (Fsp3) is 0.500. The Labute approximate surface area is 177 Å². The number of carbonyl (C=O) groups excluding carboxylic acids is 1. The van der Waals surface area contributed by atoms with Crippen molar-refractivity contribution in [3.05, 3.63) is 47.7 Å². The lowest BCUT2D eigenvalue weighted by Gasteiger charge is -2.25.